The van der Waals surface area contributed by atoms with Gasteiger partial charge < -0.3 is 15.4 Å². The molecular formula is C12H23N5OS. The number of aromatic nitrogens is 3. The second-order valence-electron chi connectivity index (χ2n) is 4.51. The molecule has 1 aromatic heterocycles. The number of hydrogen-bond donors (Lipinski definition) is 2. The number of nitrogens with one attached hydrogen (secondary N) is 2. The number of nitrogens with zero attached hydrogens (tertiary/aromatic N) is 3. The molecule has 0 saturated carbocycles. The van der Waals surface area contributed by atoms with Gasteiger partial charge >= 0.3 is 6.01 Å². The van der Waals surface area contributed by atoms with Crippen molar-refractivity contribution in [3.05, 3.63) is 0 Å². The standard InChI is InChI=1S/C12H23N5OS/c1-8(2)18-12-16-10(13-4)15-11(17-12)14-9(3)6-7-19-5/h8-9H,6-7H2,1-5H3,(H2,13,14,15,16,17). The molecule has 1 rings (SSSR count). The van der Waals surface area contributed by atoms with Gasteiger partial charge in [-0.1, -0.05) is 0 Å². The fourth-order valence-electron chi connectivity index (χ4n) is 1.38. The minimum Gasteiger partial charge on any atom is -0.461 e. The molecule has 1 aromatic rings. The van der Waals surface area contributed by atoms with Crippen LogP contribution in [0.15, 0.2) is 0 Å². The highest BCUT2D eigenvalue weighted by Gasteiger charge is 2.10. The van der Waals surface area contributed by atoms with Crippen LogP contribution in [0, 0.1) is 0 Å². The van der Waals surface area contributed by atoms with Crippen LogP contribution < -0.4 is 15.4 Å². The number of rotatable bonds is 8. The van der Waals surface area contributed by atoms with Crippen LogP contribution in [-0.4, -0.2) is 46.2 Å². The van der Waals surface area contributed by atoms with Gasteiger partial charge in [-0.3, -0.25) is 0 Å². The first kappa shape index (κ1) is 15.8. The van der Waals surface area contributed by atoms with E-state index in [4.69, 9.17) is 4.74 Å². The molecule has 0 radical (unpaired) electrons. The van der Waals surface area contributed by atoms with E-state index >= 15 is 0 Å². The highest BCUT2D eigenvalue weighted by atomic mass is 32.2. The molecule has 0 saturated heterocycles. The van der Waals surface area contributed by atoms with Gasteiger partial charge in [0.25, 0.3) is 0 Å². The van der Waals surface area contributed by atoms with Crippen LogP contribution in [0.1, 0.15) is 27.2 Å². The SMILES string of the molecule is CNc1nc(NC(C)CCSC)nc(OC(C)C)n1. The Morgan fingerprint density at radius 3 is 2.42 bits per heavy atom. The van der Waals surface area contributed by atoms with Crippen molar-refractivity contribution in [3.63, 3.8) is 0 Å². The Bertz CT molecular complexity index is 388. The Labute approximate surface area is 119 Å². The van der Waals surface area contributed by atoms with Crippen LogP contribution in [0.2, 0.25) is 0 Å². The van der Waals surface area contributed by atoms with Gasteiger partial charge in [-0.2, -0.15) is 26.7 Å². The molecule has 0 amide bonds. The first-order chi connectivity index (χ1) is 9.05. The van der Waals surface area contributed by atoms with Gasteiger partial charge in [0.15, 0.2) is 0 Å². The molecule has 6 nitrogen and oxygen atoms in total. The van der Waals surface area contributed by atoms with E-state index in [2.05, 4.69) is 38.8 Å². The van der Waals surface area contributed by atoms with Crippen molar-refractivity contribution in [2.75, 3.05) is 29.7 Å². The molecule has 0 aliphatic carbocycles. The summed E-state index contributed by atoms with van der Waals surface area (Å²) < 4.78 is 5.51. The fraction of sp³-hybridized carbons (Fsp3) is 0.750. The van der Waals surface area contributed by atoms with Crippen LogP contribution in [0.25, 0.3) is 0 Å². The largest absolute Gasteiger partial charge is 0.461 e. The van der Waals surface area contributed by atoms with Crippen molar-refractivity contribution >= 4 is 23.7 Å². The lowest BCUT2D eigenvalue weighted by molar-refractivity contribution is 0.222. The lowest BCUT2D eigenvalue weighted by atomic mass is 10.3. The zero-order chi connectivity index (χ0) is 14.3. The third-order valence-electron chi connectivity index (χ3n) is 2.31. The number of anilines is 2. The summed E-state index contributed by atoms with van der Waals surface area (Å²) in [6.45, 7) is 6.00. The van der Waals surface area contributed by atoms with Gasteiger partial charge in [-0.15, -0.1) is 0 Å². The summed E-state index contributed by atoms with van der Waals surface area (Å²) in [6.07, 6.45) is 3.19. The highest BCUT2D eigenvalue weighted by Crippen LogP contribution is 2.14. The van der Waals surface area contributed by atoms with E-state index in [-0.39, 0.29) is 6.10 Å². The molecule has 7 heteroatoms. The van der Waals surface area contributed by atoms with Crippen molar-refractivity contribution < 1.29 is 4.74 Å². The fourth-order valence-corrected chi connectivity index (χ4v) is 1.97. The Balaban J connectivity index is 2.75. The van der Waals surface area contributed by atoms with Gasteiger partial charge in [-0.05, 0) is 39.2 Å². The Kier molecular flexibility index (Phi) is 6.69. The normalized spacial score (nSPS) is 12.3. The van der Waals surface area contributed by atoms with Crippen LogP contribution in [0.3, 0.4) is 0 Å². The second kappa shape index (κ2) is 8.04. The van der Waals surface area contributed by atoms with E-state index in [1.165, 1.54) is 0 Å². The molecule has 0 aliphatic rings. The van der Waals surface area contributed by atoms with Crippen molar-refractivity contribution in [2.45, 2.75) is 39.3 Å². The van der Waals surface area contributed by atoms with E-state index < -0.39 is 0 Å². The molecule has 2 N–H and O–H groups in total. The maximum atomic E-state index is 5.51. The topological polar surface area (TPSA) is 72.0 Å². The maximum Gasteiger partial charge on any atom is 0.323 e. The average molecular weight is 285 g/mol. The van der Waals surface area contributed by atoms with Crippen molar-refractivity contribution in [1.82, 2.24) is 15.0 Å². The monoisotopic (exact) mass is 285 g/mol. The van der Waals surface area contributed by atoms with Crippen molar-refractivity contribution in [2.24, 2.45) is 0 Å². The van der Waals surface area contributed by atoms with Crippen LogP contribution in [0.4, 0.5) is 11.9 Å². The van der Waals surface area contributed by atoms with Crippen molar-refractivity contribution in [3.8, 4) is 6.01 Å². The van der Waals surface area contributed by atoms with Crippen LogP contribution in [0.5, 0.6) is 6.01 Å². The quantitative estimate of drug-likeness (QED) is 0.759. The van der Waals surface area contributed by atoms with Gasteiger partial charge in [0.2, 0.25) is 11.9 Å². The minimum absolute atomic E-state index is 0.0360. The van der Waals surface area contributed by atoms with E-state index in [9.17, 15) is 0 Å². The first-order valence-electron chi connectivity index (χ1n) is 6.41. The third kappa shape index (κ3) is 5.96. The number of thioether (sulfide) groups is 1. The predicted molar refractivity (Wildman–Crippen MR) is 81.2 cm³/mol. The number of hydrogen-bond acceptors (Lipinski definition) is 7. The molecule has 1 unspecified atom stereocenters. The van der Waals surface area contributed by atoms with Crippen LogP contribution >= 0.6 is 11.8 Å². The molecule has 0 bridgehead atoms. The van der Waals surface area contributed by atoms with Gasteiger partial charge in [-0.25, -0.2) is 0 Å². The van der Waals surface area contributed by atoms with Gasteiger partial charge in [0.1, 0.15) is 0 Å². The van der Waals surface area contributed by atoms with Gasteiger partial charge in [0.05, 0.1) is 6.10 Å². The highest BCUT2D eigenvalue weighted by molar-refractivity contribution is 7.98. The molecule has 1 atom stereocenters. The molecule has 0 aliphatic heterocycles. The molecule has 0 spiro atoms. The zero-order valence-electron chi connectivity index (χ0n) is 12.2. The molecular weight excluding hydrogens is 262 g/mol. The predicted octanol–water partition coefficient (Wildman–Crippen LogP) is 2.25. The Morgan fingerprint density at radius 1 is 1.16 bits per heavy atom. The van der Waals surface area contributed by atoms with Crippen LogP contribution in [-0.2, 0) is 0 Å². The summed E-state index contributed by atoms with van der Waals surface area (Å²) in [7, 11) is 1.77. The maximum absolute atomic E-state index is 5.51. The van der Waals surface area contributed by atoms with E-state index in [0.717, 1.165) is 12.2 Å². The van der Waals surface area contributed by atoms with E-state index in [1.807, 2.05) is 25.6 Å². The van der Waals surface area contributed by atoms with E-state index in [1.54, 1.807) is 7.05 Å². The summed E-state index contributed by atoms with van der Waals surface area (Å²) in [6, 6.07) is 0.653. The minimum atomic E-state index is 0.0360. The molecule has 0 aromatic carbocycles. The summed E-state index contributed by atoms with van der Waals surface area (Å²) in [5, 5.41) is 6.18. The molecule has 0 fully saturated rings. The molecule has 19 heavy (non-hydrogen) atoms. The summed E-state index contributed by atoms with van der Waals surface area (Å²) in [4.78, 5) is 12.7. The molecule has 108 valence electrons. The smallest absolute Gasteiger partial charge is 0.323 e. The Hall–Kier alpha value is -1.24. The van der Waals surface area contributed by atoms with Crippen molar-refractivity contribution in [1.29, 1.82) is 0 Å². The summed E-state index contributed by atoms with van der Waals surface area (Å²) >= 11 is 1.83. The third-order valence-corrected chi connectivity index (χ3v) is 2.95. The lowest BCUT2D eigenvalue weighted by Gasteiger charge is -2.15. The molecule has 1 heterocycles. The summed E-state index contributed by atoms with van der Waals surface area (Å²) in [5.74, 6) is 2.15. The second-order valence-corrected chi connectivity index (χ2v) is 5.49. The zero-order valence-corrected chi connectivity index (χ0v) is 13.0. The first-order valence-corrected chi connectivity index (χ1v) is 7.80. The van der Waals surface area contributed by atoms with Gasteiger partial charge in [0, 0.05) is 13.1 Å². The van der Waals surface area contributed by atoms with E-state index in [0.29, 0.717) is 23.9 Å². The average Bonchev–Trinajstić information content (AvgIpc) is 2.35. The number of ether oxygens (including phenoxy) is 1. The Morgan fingerprint density at radius 2 is 1.84 bits per heavy atom. The lowest BCUT2D eigenvalue weighted by Crippen LogP contribution is -2.19. The summed E-state index contributed by atoms with van der Waals surface area (Å²) in [5.41, 5.74) is 0.